The third-order valence-corrected chi connectivity index (χ3v) is 2.46. The smallest absolute Gasteiger partial charge is 0.257 e. The highest BCUT2D eigenvalue weighted by Crippen LogP contribution is 2.31. The first-order chi connectivity index (χ1) is 8.13. The lowest BCUT2D eigenvalue weighted by Crippen LogP contribution is -2.23. The van der Waals surface area contributed by atoms with Gasteiger partial charge in [-0.25, -0.2) is 4.98 Å². The molecule has 0 atom stereocenters. The molecule has 0 spiro atoms. The Balaban J connectivity index is 2.42. The zero-order valence-electron chi connectivity index (χ0n) is 9.80. The Hall–Kier alpha value is -2.09. The van der Waals surface area contributed by atoms with Gasteiger partial charge in [0, 0.05) is 20.3 Å². The van der Waals surface area contributed by atoms with Crippen molar-refractivity contribution in [2.45, 2.75) is 18.9 Å². The van der Waals surface area contributed by atoms with Crippen molar-refractivity contribution in [3.05, 3.63) is 23.5 Å². The third-order valence-electron chi connectivity index (χ3n) is 2.46. The van der Waals surface area contributed by atoms with E-state index in [0.717, 1.165) is 12.8 Å². The fraction of sp³-hybridized carbons (Fsp3) is 0.417. The highest BCUT2D eigenvalue weighted by Gasteiger charge is 2.28. The lowest BCUT2D eigenvalue weighted by Gasteiger charge is -2.14. The van der Waals surface area contributed by atoms with Gasteiger partial charge in [0.25, 0.3) is 5.91 Å². The Morgan fingerprint density at radius 2 is 2.29 bits per heavy atom. The van der Waals surface area contributed by atoms with Crippen molar-refractivity contribution in [3.63, 3.8) is 0 Å². The minimum absolute atomic E-state index is 0.125. The fourth-order valence-electron chi connectivity index (χ4n) is 1.41. The third kappa shape index (κ3) is 2.36. The van der Waals surface area contributed by atoms with E-state index in [1.54, 1.807) is 20.2 Å². The van der Waals surface area contributed by atoms with Gasteiger partial charge in [-0.2, -0.15) is 5.26 Å². The fourth-order valence-corrected chi connectivity index (χ4v) is 1.41. The molecule has 1 saturated carbocycles. The first-order valence-corrected chi connectivity index (χ1v) is 5.41. The number of amides is 1. The maximum atomic E-state index is 11.9. The van der Waals surface area contributed by atoms with Crippen LogP contribution in [0, 0.1) is 11.3 Å². The maximum absolute atomic E-state index is 11.9. The summed E-state index contributed by atoms with van der Waals surface area (Å²) < 4.78 is 5.62. The largest absolute Gasteiger partial charge is 0.487 e. The Morgan fingerprint density at radius 3 is 2.82 bits per heavy atom. The summed E-state index contributed by atoms with van der Waals surface area (Å²) in [5.41, 5.74) is 0.568. The second-order valence-electron chi connectivity index (χ2n) is 4.16. The van der Waals surface area contributed by atoms with Gasteiger partial charge in [0.2, 0.25) is 0 Å². The van der Waals surface area contributed by atoms with E-state index in [-0.39, 0.29) is 17.7 Å². The SMILES string of the molecule is CN(C)C(=O)c1ccnc(C#N)c1OC1CC1. The minimum atomic E-state index is -0.181. The van der Waals surface area contributed by atoms with Crippen LogP contribution >= 0.6 is 0 Å². The van der Waals surface area contributed by atoms with Crippen molar-refractivity contribution >= 4 is 5.91 Å². The van der Waals surface area contributed by atoms with Crippen LogP contribution < -0.4 is 4.74 Å². The van der Waals surface area contributed by atoms with Gasteiger partial charge < -0.3 is 9.64 Å². The number of hydrogen-bond acceptors (Lipinski definition) is 4. The van der Waals surface area contributed by atoms with Crippen molar-refractivity contribution in [2.75, 3.05) is 14.1 Å². The molecule has 5 heteroatoms. The number of carbonyl (C=O) groups excluding carboxylic acids is 1. The summed E-state index contributed by atoms with van der Waals surface area (Å²) in [5, 5.41) is 8.98. The molecule has 1 amide bonds. The topological polar surface area (TPSA) is 66.2 Å². The van der Waals surface area contributed by atoms with Crippen molar-refractivity contribution < 1.29 is 9.53 Å². The zero-order chi connectivity index (χ0) is 12.4. The summed E-state index contributed by atoms with van der Waals surface area (Å²) in [6.07, 6.45) is 3.51. The van der Waals surface area contributed by atoms with Crippen molar-refractivity contribution in [3.8, 4) is 11.8 Å². The van der Waals surface area contributed by atoms with Gasteiger partial charge in [-0.3, -0.25) is 4.79 Å². The van der Waals surface area contributed by atoms with Crippen LogP contribution in [0.2, 0.25) is 0 Å². The Labute approximate surface area is 99.6 Å². The maximum Gasteiger partial charge on any atom is 0.257 e. The Morgan fingerprint density at radius 1 is 1.59 bits per heavy atom. The van der Waals surface area contributed by atoms with E-state index in [4.69, 9.17) is 10.00 Å². The molecule has 0 radical (unpaired) electrons. The zero-order valence-corrected chi connectivity index (χ0v) is 9.80. The molecule has 1 heterocycles. The van der Waals surface area contributed by atoms with Crippen LogP contribution in [0.15, 0.2) is 12.3 Å². The van der Waals surface area contributed by atoms with E-state index < -0.39 is 0 Å². The van der Waals surface area contributed by atoms with Crippen LogP contribution in [0.1, 0.15) is 28.9 Å². The predicted molar refractivity (Wildman–Crippen MR) is 60.6 cm³/mol. The molecule has 17 heavy (non-hydrogen) atoms. The highest BCUT2D eigenvalue weighted by atomic mass is 16.5. The lowest BCUT2D eigenvalue weighted by molar-refractivity contribution is 0.0822. The number of carbonyl (C=O) groups is 1. The quantitative estimate of drug-likeness (QED) is 0.783. The molecule has 1 aliphatic carbocycles. The normalized spacial score (nSPS) is 13.9. The Kier molecular flexibility index (Phi) is 2.96. The van der Waals surface area contributed by atoms with Crippen LogP contribution in [-0.2, 0) is 0 Å². The summed E-state index contributed by atoms with van der Waals surface area (Å²) in [5.74, 6) is 0.135. The predicted octanol–water partition coefficient (Wildman–Crippen LogP) is 1.20. The molecule has 0 N–H and O–H groups in total. The van der Waals surface area contributed by atoms with Gasteiger partial charge in [0.1, 0.15) is 6.07 Å². The lowest BCUT2D eigenvalue weighted by atomic mass is 10.2. The molecular weight excluding hydrogens is 218 g/mol. The van der Waals surface area contributed by atoms with Crippen molar-refractivity contribution in [1.29, 1.82) is 5.26 Å². The molecule has 0 unspecified atom stereocenters. The van der Waals surface area contributed by atoms with Gasteiger partial charge >= 0.3 is 0 Å². The van der Waals surface area contributed by atoms with Crippen LogP contribution in [-0.4, -0.2) is 36.0 Å². The molecule has 0 aliphatic heterocycles. The van der Waals surface area contributed by atoms with Crippen LogP contribution in [0.25, 0.3) is 0 Å². The van der Waals surface area contributed by atoms with Gasteiger partial charge in [-0.15, -0.1) is 0 Å². The average molecular weight is 231 g/mol. The first kappa shape index (κ1) is 11.4. The monoisotopic (exact) mass is 231 g/mol. The van der Waals surface area contributed by atoms with E-state index in [1.807, 2.05) is 6.07 Å². The summed E-state index contributed by atoms with van der Waals surface area (Å²) in [7, 11) is 3.32. The van der Waals surface area contributed by atoms with Crippen molar-refractivity contribution in [2.24, 2.45) is 0 Å². The molecule has 0 aromatic carbocycles. The number of hydrogen-bond donors (Lipinski definition) is 0. The average Bonchev–Trinajstić information content (AvgIpc) is 3.12. The molecule has 2 rings (SSSR count). The number of rotatable bonds is 3. The van der Waals surface area contributed by atoms with Crippen LogP contribution in [0.4, 0.5) is 0 Å². The molecule has 0 saturated heterocycles. The van der Waals surface area contributed by atoms with E-state index >= 15 is 0 Å². The Bertz CT molecular complexity index is 487. The van der Waals surface area contributed by atoms with Gasteiger partial charge in [-0.05, 0) is 18.9 Å². The van der Waals surface area contributed by atoms with Crippen LogP contribution in [0.5, 0.6) is 5.75 Å². The van der Waals surface area contributed by atoms with Crippen molar-refractivity contribution in [1.82, 2.24) is 9.88 Å². The number of pyridine rings is 1. The van der Waals surface area contributed by atoms with Gasteiger partial charge in [0.15, 0.2) is 11.4 Å². The molecule has 5 nitrogen and oxygen atoms in total. The standard InChI is InChI=1S/C12H13N3O2/c1-15(2)12(16)9-5-6-14-10(7-13)11(9)17-8-3-4-8/h5-6,8H,3-4H2,1-2H3. The van der Waals surface area contributed by atoms with E-state index in [0.29, 0.717) is 11.3 Å². The molecule has 0 bridgehead atoms. The molecule has 88 valence electrons. The van der Waals surface area contributed by atoms with E-state index in [9.17, 15) is 4.79 Å². The highest BCUT2D eigenvalue weighted by molar-refractivity contribution is 5.97. The number of aromatic nitrogens is 1. The van der Waals surface area contributed by atoms with E-state index in [2.05, 4.69) is 4.98 Å². The second-order valence-corrected chi connectivity index (χ2v) is 4.16. The first-order valence-electron chi connectivity index (χ1n) is 5.41. The summed E-state index contributed by atoms with van der Waals surface area (Å²) in [6, 6.07) is 3.54. The minimum Gasteiger partial charge on any atom is -0.487 e. The summed E-state index contributed by atoms with van der Waals surface area (Å²) in [4.78, 5) is 17.3. The second kappa shape index (κ2) is 4.42. The molecule has 1 aromatic rings. The summed E-state index contributed by atoms with van der Waals surface area (Å²) in [6.45, 7) is 0. The summed E-state index contributed by atoms with van der Waals surface area (Å²) >= 11 is 0. The van der Waals surface area contributed by atoms with Gasteiger partial charge in [-0.1, -0.05) is 0 Å². The molecular formula is C12H13N3O2. The number of nitriles is 1. The molecule has 1 aliphatic rings. The molecule has 1 aromatic heterocycles. The number of ether oxygens (including phenoxy) is 1. The van der Waals surface area contributed by atoms with E-state index in [1.165, 1.54) is 11.1 Å². The number of nitrogens with zero attached hydrogens (tertiary/aromatic N) is 3. The van der Waals surface area contributed by atoms with Gasteiger partial charge in [0.05, 0.1) is 11.7 Å². The van der Waals surface area contributed by atoms with Crippen LogP contribution in [0.3, 0.4) is 0 Å². The molecule has 1 fully saturated rings.